The van der Waals surface area contributed by atoms with E-state index in [4.69, 9.17) is 20.8 Å². The van der Waals surface area contributed by atoms with Gasteiger partial charge in [0.1, 0.15) is 17.5 Å². The fourth-order valence-electron chi connectivity index (χ4n) is 16.7. The van der Waals surface area contributed by atoms with Crippen molar-refractivity contribution >= 4 is 81.4 Å². The predicted octanol–water partition coefficient (Wildman–Crippen LogP) is 17.9. The van der Waals surface area contributed by atoms with E-state index in [1.165, 1.54) is 55.1 Å². The molecule has 0 spiro atoms. The lowest BCUT2D eigenvalue weighted by atomic mass is 9.88. The fraction of sp³-hybridized carbons (Fsp3) is 0.264. The first-order chi connectivity index (χ1) is 53.1. The molecule has 110 heavy (non-hydrogen) atoms. The number of carboxylic acids is 1. The molecule has 23 heteroatoms. The SMILES string of the molecule is CC1=NCc2cc3c(-c4ccc(S(C)(=O)=O)nc4)c(C4CCOCC4)n(-c4ccc(F)cc4)c3cc21.CNS(=O)(=O)c1ccc(-c2c(C3CCOCC3)n(-c3ccc(F)cc3)c3cc4c(cc23)CN=C4C)cc1.[C-]#[N+]c1cc(C(=O)O)ccc1-c1c(C2CCOCC2)n(-c2ccc(F)cc2)c2cc3c(cc12)CN=C3C. The minimum Gasteiger partial charge on any atom is -0.478 e. The normalized spacial score (nSPS) is 16.0. The van der Waals surface area contributed by atoms with Crippen molar-refractivity contribution < 1.29 is 54.1 Å². The Bertz CT molecular complexity index is 6070. The van der Waals surface area contributed by atoms with Crippen molar-refractivity contribution in [2.24, 2.45) is 15.0 Å². The van der Waals surface area contributed by atoms with Crippen molar-refractivity contribution in [3.63, 3.8) is 0 Å². The van der Waals surface area contributed by atoms with Gasteiger partial charge in [0.25, 0.3) is 0 Å². The molecule has 8 aromatic carbocycles. The lowest BCUT2D eigenvalue weighted by Crippen LogP contribution is -2.18. The van der Waals surface area contributed by atoms with Crippen molar-refractivity contribution in [1.82, 2.24) is 23.4 Å². The summed E-state index contributed by atoms with van der Waals surface area (Å²) in [5, 5.41) is 12.7. The summed E-state index contributed by atoms with van der Waals surface area (Å²) in [5.41, 5.74) is 24.6. The number of nitrogens with zero attached hydrogens (tertiary/aromatic N) is 8. The number of aliphatic imine (C=N–C) groups is 3. The highest BCUT2D eigenvalue weighted by Crippen LogP contribution is 2.50. The van der Waals surface area contributed by atoms with Crippen LogP contribution in [0.3, 0.4) is 0 Å². The smallest absolute Gasteiger partial charge is 0.334 e. The number of pyridine rings is 1. The second kappa shape index (κ2) is 29.8. The monoisotopic (exact) mass is 1510 g/mol. The van der Waals surface area contributed by atoms with Gasteiger partial charge in [-0.25, -0.2) is 49.4 Å². The molecule has 0 saturated carbocycles. The first kappa shape index (κ1) is 73.2. The highest BCUT2D eigenvalue weighted by atomic mass is 32.2. The number of sulfone groups is 1. The number of hydrogen-bond acceptors (Lipinski definition) is 12. The van der Waals surface area contributed by atoms with Gasteiger partial charge in [-0.2, -0.15) is 0 Å². The Hall–Kier alpha value is -11.0. The topological polar surface area (TPSA) is 214 Å². The van der Waals surface area contributed by atoms with E-state index in [0.717, 1.165) is 184 Å². The number of carbonyl (C=O) groups is 1. The highest BCUT2D eigenvalue weighted by Gasteiger charge is 2.35. The minimum atomic E-state index is -3.55. The quantitative estimate of drug-likeness (QED) is 0.104. The van der Waals surface area contributed by atoms with Crippen LogP contribution in [0.15, 0.2) is 195 Å². The number of rotatable bonds is 13. The summed E-state index contributed by atoms with van der Waals surface area (Å²) in [5.74, 6) is -1.36. The van der Waals surface area contributed by atoms with Crippen LogP contribution in [0.2, 0.25) is 0 Å². The maximum atomic E-state index is 14.0. The minimum absolute atomic E-state index is 0.0473. The van der Waals surface area contributed by atoms with Crippen LogP contribution >= 0.6 is 0 Å². The van der Waals surface area contributed by atoms with E-state index >= 15 is 0 Å². The van der Waals surface area contributed by atoms with Gasteiger partial charge in [0.15, 0.2) is 20.6 Å². The van der Waals surface area contributed by atoms with Crippen molar-refractivity contribution in [1.29, 1.82) is 0 Å². The number of benzene rings is 8. The lowest BCUT2D eigenvalue weighted by Gasteiger charge is -2.26. The average molecular weight is 1510 g/mol. The van der Waals surface area contributed by atoms with E-state index in [9.17, 15) is 39.9 Å². The van der Waals surface area contributed by atoms with Crippen molar-refractivity contribution in [2.75, 3.05) is 52.9 Å². The Labute approximate surface area is 635 Å². The van der Waals surface area contributed by atoms with Gasteiger partial charge < -0.3 is 33.0 Å². The molecule has 3 fully saturated rings. The molecule has 0 amide bonds. The molecule has 6 aliphatic rings. The molecule has 4 aromatic heterocycles. The predicted molar refractivity (Wildman–Crippen MR) is 423 cm³/mol. The Morgan fingerprint density at radius 2 is 0.864 bits per heavy atom. The third-order valence-corrected chi connectivity index (χ3v) is 24.6. The van der Waals surface area contributed by atoms with E-state index in [2.05, 4.69) is 79.6 Å². The zero-order chi connectivity index (χ0) is 76.4. The van der Waals surface area contributed by atoms with Gasteiger partial charge in [-0.1, -0.05) is 18.2 Å². The average Bonchev–Trinajstić information content (AvgIpc) is 1.60. The summed E-state index contributed by atoms with van der Waals surface area (Å²) in [6.45, 7) is 19.8. The summed E-state index contributed by atoms with van der Waals surface area (Å²) in [4.78, 5) is 33.8. The number of nitrogens with one attached hydrogen (secondary N) is 1. The molecule has 0 atom stereocenters. The van der Waals surface area contributed by atoms with Crippen LogP contribution in [-0.4, -0.2) is 117 Å². The second-order valence-corrected chi connectivity index (χ2v) is 32.5. The Balaban J connectivity index is 0.000000125. The van der Waals surface area contributed by atoms with E-state index in [-0.39, 0.29) is 50.7 Å². The number of aromatic nitrogens is 4. The number of ether oxygens (including phenoxy) is 3. The van der Waals surface area contributed by atoms with E-state index in [1.807, 2.05) is 51.1 Å². The molecule has 3 saturated heterocycles. The van der Waals surface area contributed by atoms with Gasteiger partial charge in [0.05, 0.1) is 47.7 Å². The molecule has 0 aliphatic carbocycles. The summed E-state index contributed by atoms with van der Waals surface area (Å²) in [6, 6.07) is 48.0. The van der Waals surface area contributed by atoms with Gasteiger partial charge in [0.2, 0.25) is 10.0 Å². The third-order valence-electron chi connectivity index (χ3n) is 22.2. The largest absolute Gasteiger partial charge is 0.478 e. The number of sulfonamides is 1. The van der Waals surface area contributed by atoms with E-state index < -0.39 is 25.8 Å². The lowest BCUT2D eigenvalue weighted by molar-refractivity contribution is 0.0696. The van der Waals surface area contributed by atoms with Crippen LogP contribution in [0.4, 0.5) is 18.9 Å². The van der Waals surface area contributed by atoms with E-state index in [1.54, 1.807) is 60.8 Å². The Kier molecular flexibility index (Phi) is 19.8. The molecular weight excluding hydrogens is 1440 g/mol. The standard InChI is InChI=1S/C30H24FN3O3.C29H28FN3O3S.C28H26FN3O3S/c1-17-24-15-27-25(13-20(24)16-33-17)28(23-8-3-19(30(35)36)14-26(23)32-2)29(18-9-11-37-12-10-18)34(27)22-6-4-21(31)5-7-22;1-18-25-16-27-26(15-21(25)17-32-18)28(19-3-9-24(10-4-19)37(34,35)31-2)29(20-11-13-36-14-12-20)33(27)23-7-5-22(30)6-8-23;1-17-23-14-25-24(13-20(23)16-30-17)27(19-3-8-26(31-15-19)36(2,33)34)28(18-9-11-35-12-10-18)32(25)22-6-4-21(29)5-7-22/h3-8,13-15,18H,9-12,16H2,1H3,(H,35,36);3-10,15-16,20,31H,11-14,17H2,1-2H3;3-8,13-15,18H,9-12,16H2,1-2H3. The highest BCUT2D eigenvalue weighted by molar-refractivity contribution is 7.90. The van der Waals surface area contributed by atoms with Crippen LogP contribution in [0.1, 0.15) is 138 Å². The number of hydrogen-bond donors (Lipinski definition) is 2. The zero-order valence-electron chi connectivity index (χ0n) is 61.2. The third kappa shape index (κ3) is 13.7. The summed E-state index contributed by atoms with van der Waals surface area (Å²) in [7, 11) is -5.55. The molecule has 10 heterocycles. The van der Waals surface area contributed by atoms with Crippen LogP contribution in [0.5, 0.6) is 0 Å². The molecule has 6 aliphatic heterocycles. The summed E-state index contributed by atoms with van der Waals surface area (Å²) < 4.78 is 117. The molecule has 558 valence electrons. The van der Waals surface area contributed by atoms with Gasteiger partial charge >= 0.3 is 5.97 Å². The number of aromatic carboxylic acids is 1. The zero-order valence-corrected chi connectivity index (χ0v) is 62.9. The molecule has 18 rings (SSSR count). The van der Waals surface area contributed by atoms with Crippen molar-refractivity contribution in [2.45, 2.75) is 107 Å². The number of carboxylic acid groups (broad SMARTS) is 1. The second-order valence-electron chi connectivity index (χ2n) is 28.7. The molecule has 12 aromatic rings. The summed E-state index contributed by atoms with van der Waals surface area (Å²) in [6.07, 6.45) is 7.90. The van der Waals surface area contributed by atoms with Crippen LogP contribution in [0, 0.1) is 24.0 Å². The molecule has 0 bridgehead atoms. The molecular formula is C87H78F3N9O9S2. The van der Waals surface area contributed by atoms with Gasteiger partial charge in [-0.05, 0) is 240 Å². The Morgan fingerprint density at radius 1 is 0.491 bits per heavy atom. The Morgan fingerprint density at radius 3 is 1.22 bits per heavy atom. The van der Waals surface area contributed by atoms with Gasteiger partial charge in [-0.15, -0.1) is 0 Å². The molecule has 2 N–H and O–H groups in total. The summed E-state index contributed by atoms with van der Waals surface area (Å²) >= 11 is 0. The fourth-order valence-corrected chi connectivity index (χ4v) is 18.0. The van der Waals surface area contributed by atoms with Crippen molar-refractivity contribution in [3.05, 3.63) is 255 Å². The number of fused-ring (bicyclic) bond motifs is 6. The van der Waals surface area contributed by atoms with Crippen LogP contribution in [0.25, 0.3) is 88.0 Å². The molecule has 0 unspecified atom stereocenters. The van der Waals surface area contributed by atoms with E-state index in [0.29, 0.717) is 70.5 Å². The number of halogens is 3. The molecule has 18 nitrogen and oxygen atoms in total. The van der Waals surface area contributed by atoms with Crippen LogP contribution in [-0.2, 0) is 53.7 Å². The van der Waals surface area contributed by atoms with Crippen molar-refractivity contribution in [3.8, 4) is 50.4 Å². The van der Waals surface area contributed by atoms with Gasteiger partial charge in [0, 0.05) is 182 Å². The van der Waals surface area contributed by atoms with Crippen LogP contribution < -0.4 is 4.72 Å². The molecule has 0 radical (unpaired) electrons. The first-order valence-corrected chi connectivity index (χ1v) is 40.2. The maximum Gasteiger partial charge on any atom is 0.334 e. The van der Waals surface area contributed by atoms with Gasteiger partial charge in [-0.3, -0.25) is 15.0 Å². The first-order valence-electron chi connectivity index (χ1n) is 36.8. The maximum absolute atomic E-state index is 14.0.